The number of methoxy groups -OCH3 is 3. The van der Waals surface area contributed by atoms with Crippen LogP contribution >= 0.6 is 0 Å². The van der Waals surface area contributed by atoms with Crippen molar-refractivity contribution in [3.63, 3.8) is 0 Å². The number of aliphatic imine (C=N–C) groups is 1. The largest absolute Gasteiger partial charge is 0.459 e. The molecule has 3 spiro atoms. The fraction of sp³-hybridized carbons (Fsp3) is 0.920. The quantitative estimate of drug-likeness (QED) is 0.592. The molecular weight excluding hydrogens is 426 g/mol. The van der Waals surface area contributed by atoms with Crippen molar-refractivity contribution in [2.75, 3.05) is 28.1 Å². The molecule has 2 aliphatic heterocycles. The van der Waals surface area contributed by atoms with E-state index in [1.807, 2.05) is 14.2 Å². The molecule has 182 valence electrons. The molecule has 0 aromatic rings. The van der Waals surface area contributed by atoms with Crippen LogP contribution in [0.5, 0.6) is 0 Å². The van der Waals surface area contributed by atoms with Crippen LogP contribution in [0.25, 0.3) is 0 Å². The zero-order chi connectivity index (χ0) is 23.0. The lowest BCUT2D eigenvalue weighted by molar-refractivity contribution is -0.246. The highest BCUT2D eigenvalue weighted by Crippen LogP contribution is 2.81. The first-order chi connectivity index (χ1) is 15.9. The highest BCUT2D eigenvalue weighted by molar-refractivity contribution is 5.72. The average molecular weight is 462 g/mol. The van der Waals surface area contributed by atoms with Gasteiger partial charge in [-0.05, 0) is 25.2 Å². The van der Waals surface area contributed by atoms with Crippen molar-refractivity contribution in [3.8, 4) is 0 Å². The van der Waals surface area contributed by atoms with Gasteiger partial charge in [0.05, 0.1) is 24.4 Å². The van der Waals surface area contributed by atoms with Gasteiger partial charge < -0.3 is 28.4 Å². The molecule has 1 saturated heterocycles. The summed E-state index contributed by atoms with van der Waals surface area (Å²) >= 11 is 0. The lowest BCUT2D eigenvalue weighted by atomic mass is 9.44. The van der Waals surface area contributed by atoms with E-state index in [2.05, 4.69) is 13.1 Å². The number of hydrogen-bond acceptors (Lipinski definition) is 8. The van der Waals surface area contributed by atoms with Gasteiger partial charge in [-0.3, -0.25) is 9.79 Å². The first-order valence-electron chi connectivity index (χ1n) is 12.4. The Morgan fingerprint density at radius 1 is 1.15 bits per heavy atom. The number of carbonyl (C=O) groups excluding carboxylic acids is 1. The van der Waals surface area contributed by atoms with E-state index < -0.39 is 17.3 Å². The number of esters is 1. The Kier molecular flexibility index (Phi) is 4.11. The summed E-state index contributed by atoms with van der Waals surface area (Å²) in [5.41, 5.74) is -2.04. The van der Waals surface area contributed by atoms with E-state index >= 15 is 0 Å². The molecule has 5 aliphatic carbocycles. The summed E-state index contributed by atoms with van der Waals surface area (Å²) in [6, 6.07) is -0.187. The SMILES string of the molecule is COC1CC23OCOC24C(OC(C)=O)C2C5(C)C=NC4C2(C(OC)CC5)C2CC1C(OC)C23. The Morgan fingerprint density at radius 3 is 2.67 bits per heavy atom. The van der Waals surface area contributed by atoms with Gasteiger partial charge in [-0.2, -0.15) is 0 Å². The van der Waals surface area contributed by atoms with Crippen LogP contribution in [0.15, 0.2) is 4.99 Å². The van der Waals surface area contributed by atoms with Gasteiger partial charge in [0, 0.05) is 69.5 Å². The van der Waals surface area contributed by atoms with Gasteiger partial charge in [0.2, 0.25) is 0 Å². The first kappa shape index (κ1) is 21.2. The number of rotatable bonds is 4. The predicted molar refractivity (Wildman–Crippen MR) is 116 cm³/mol. The number of nitrogens with zero attached hydrogens (tertiary/aromatic N) is 1. The van der Waals surface area contributed by atoms with E-state index in [4.69, 9.17) is 33.4 Å². The molecule has 0 aromatic carbocycles. The van der Waals surface area contributed by atoms with Crippen LogP contribution in [-0.2, 0) is 33.2 Å². The van der Waals surface area contributed by atoms with Crippen molar-refractivity contribution in [2.45, 2.75) is 81.2 Å². The molecule has 13 atom stereocenters. The van der Waals surface area contributed by atoms with Crippen molar-refractivity contribution in [1.82, 2.24) is 0 Å². The maximum Gasteiger partial charge on any atom is 0.303 e. The molecule has 2 heterocycles. The van der Waals surface area contributed by atoms with E-state index in [1.54, 1.807) is 7.11 Å². The van der Waals surface area contributed by atoms with Crippen molar-refractivity contribution in [1.29, 1.82) is 0 Å². The van der Waals surface area contributed by atoms with Gasteiger partial charge >= 0.3 is 5.97 Å². The molecule has 8 heteroatoms. The summed E-state index contributed by atoms with van der Waals surface area (Å²) in [5, 5.41) is 0. The van der Waals surface area contributed by atoms with Gasteiger partial charge in [-0.25, -0.2) is 0 Å². The van der Waals surface area contributed by atoms with E-state index in [1.165, 1.54) is 6.92 Å². The van der Waals surface area contributed by atoms with Gasteiger partial charge in [-0.1, -0.05) is 6.92 Å². The molecule has 6 fully saturated rings. The number of carbonyl (C=O) groups is 1. The summed E-state index contributed by atoms with van der Waals surface area (Å²) in [6.07, 6.45) is 5.29. The topological polar surface area (TPSA) is 84.8 Å². The molecule has 0 N–H and O–H groups in total. The molecule has 7 bridgehead atoms. The van der Waals surface area contributed by atoms with Crippen LogP contribution in [0.4, 0.5) is 0 Å². The van der Waals surface area contributed by atoms with Gasteiger partial charge in [0.25, 0.3) is 0 Å². The third-order valence-electron chi connectivity index (χ3n) is 11.2. The summed E-state index contributed by atoms with van der Waals surface area (Å²) in [7, 11) is 5.42. The Hall–Kier alpha value is -1.06. The van der Waals surface area contributed by atoms with Gasteiger partial charge in [0.1, 0.15) is 18.5 Å². The zero-order valence-electron chi connectivity index (χ0n) is 20.1. The highest BCUT2D eigenvalue weighted by Gasteiger charge is 2.93. The fourth-order valence-corrected chi connectivity index (χ4v) is 10.7. The maximum absolute atomic E-state index is 12.6. The first-order valence-corrected chi connectivity index (χ1v) is 12.4. The van der Waals surface area contributed by atoms with Gasteiger partial charge in [0.15, 0.2) is 5.60 Å². The van der Waals surface area contributed by atoms with Crippen molar-refractivity contribution in [2.24, 2.45) is 39.5 Å². The van der Waals surface area contributed by atoms with E-state index in [-0.39, 0.29) is 71.6 Å². The Bertz CT molecular complexity index is 926. The minimum Gasteiger partial charge on any atom is -0.459 e. The lowest BCUT2D eigenvalue weighted by Gasteiger charge is -2.64. The monoisotopic (exact) mass is 461 g/mol. The van der Waals surface area contributed by atoms with Crippen LogP contribution in [0.3, 0.4) is 0 Å². The van der Waals surface area contributed by atoms with Crippen molar-refractivity contribution in [3.05, 3.63) is 0 Å². The van der Waals surface area contributed by atoms with E-state index in [0.29, 0.717) is 6.42 Å². The van der Waals surface area contributed by atoms with Crippen LogP contribution in [-0.4, -0.2) is 82.0 Å². The Labute approximate surface area is 194 Å². The molecule has 33 heavy (non-hydrogen) atoms. The second-order valence-corrected chi connectivity index (χ2v) is 11.8. The molecule has 0 aromatic heterocycles. The third kappa shape index (κ3) is 1.96. The summed E-state index contributed by atoms with van der Waals surface area (Å²) in [4.78, 5) is 17.9. The molecule has 7 aliphatic rings. The molecule has 13 unspecified atom stereocenters. The molecular formula is C25H35NO7. The number of ether oxygens (including phenoxy) is 6. The maximum atomic E-state index is 12.6. The molecule has 0 radical (unpaired) electrons. The average Bonchev–Trinajstić information content (AvgIpc) is 3.36. The molecule has 0 amide bonds. The van der Waals surface area contributed by atoms with Crippen LogP contribution in [0.2, 0.25) is 0 Å². The van der Waals surface area contributed by atoms with Gasteiger partial charge in [-0.15, -0.1) is 0 Å². The van der Waals surface area contributed by atoms with E-state index in [9.17, 15) is 4.79 Å². The second-order valence-electron chi connectivity index (χ2n) is 11.8. The summed E-state index contributed by atoms with van der Waals surface area (Å²) < 4.78 is 38.4. The highest BCUT2D eigenvalue weighted by atomic mass is 16.7. The van der Waals surface area contributed by atoms with E-state index in [0.717, 1.165) is 19.3 Å². The normalized spacial score (nSPS) is 61.2. The van der Waals surface area contributed by atoms with Crippen LogP contribution < -0.4 is 0 Å². The smallest absolute Gasteiger partial charge is 0.303 e. The summed E-state index contributed by atoms with van der Waals surface area (Å²) in [6.45, 7) is 3.96. The molecule has 5 saturated carbocycles. The second kappa shape index (κ2) is 6.38. The standard InChI is InChI=1S/C25H35NO7/c1-12(27)33-20-19-22(2)7-6-16(29-4)24(19)14-8-13-15(28-3)9-23(17(14)18(13)30-5)25(20,32-11-31-23)21(24)26-10-22/h10,13-21H,6-9,11H2,1-5H3. The number of fused-ring (bicyclic) bond motifs is 1. The minimum absolute atomic E-state index is 0.00146. The van der Waals surface area contributed by atoms with Crippen LogP contribution in [0.1, 0.15) is 39.5 Å². The molecule has 7 rings (SSSR count). The minimum atomic E-state index is -0.872. The van der Waals surface area contributed by atoms with Crippen molar-refractivity contribution < 1.29 is 33.2 Å². The fourth-order valence-electron chi connectivity index (χ4n) is 10.7. The zero-order valence-corrected chi connectivity index (χ0v) is 20.1. The van der Waals surface area contributed by atoms with Crippen LogP contribution in [0, 0.1) is 34.5 Å². The summed E-state index contributed by atoms with van der Waals surface area (Å²) in [5.74, 6) is 0.449. The lowest BCUT2D eigenvalue weighted by Crippen LogP contribution is -2.76. The Morgan fingerprint density at radius 2 is 1.97 bits per heavy atom. The predicted octanol–water partition coefficient (Wildman–Crippen LogP) is 1.98. The Balaban J connectivity index is 1.56. The third-order valence-corrected chi connectivity index (χ3v) is 11.2. The van der Waals surface area contributed by atoms with Crippen molar-refractivity contribution >= 4 is 12.2 Å². The number of hydrogen-bond donors (Lipinski definition) is 0. The molecule has 8 nitrogen and oxygen atoms in total.